The summed E-state index contributed by atoms with van der Waals surface area (Å²) in [5.41, 5.74) is 2.70. The van der Waals surface area contributed by atoms with E-state index in [-0.39, 0.29) is 11.6 Å². The van der Waals surface area contributed by atoms with Gasteiger partial charge in [0, 0.05) is 11.4 Å². The number of amides is 1. The molecule has 0 radical (unpaired) electrons. The molecule has 0 aliphatic heterocycles. The smallest absolute Gasteiger partial charge is 0.274 e. The van der Waals surface area contributed by atoms with Gasteiger partial charge in [-0.1, -0.05) is 12.1 Å². The van der Waals surface area contributed by atoms with Crippen molar-refractivity contribution in [2.75, 3.05) is 17.2 Å². The Balaban J connectivity index is 1.81. The summed E-state index contributed by atoms with van der Waals surface area (Å²) in [6.07, 6.45) is 0. The van der Waals surface area contributed by atoms with Crippen molar-refractivity contribution in [3.8, 4) is 11.8 Å². The summed E-state index contributed by atoms with van der Waals surface area (Å²) in [6.45, 7) is 4.23. The third-order valence-corrected chi connectivity index (χ3v) is 3.79. The number of carbonyl (C=O) groups is 1. The molecule has 2 N–H and O–H groups in total. The van der Waals surface area contributed by atoms with E-state index in [4.69, 9.17) is 10.00 Å². The van der Waals surface area contributed by atoms with Gasteiger partial charge in [0.2, 0.25) is 5.95 Å². The zero-order valence-corrected chi connectivity index (χ0v) is 15.6. The van der Waals surface area contributed by atoms with E-state index in [1.54, 1.807) is 37.3 Å². The number of carbonyl (C=O) groups excluding carboxylic acids is 1. The zero-order chi connectivity index (χ0) is 19.9. The Bertz CT molecular complexity index is 1030. The van der Waals surface area contributed by atoms with Crippen molar-refractivity contribution in [2.45, 2.75) is 13.8 Å². The minimum atomic E-state index is -0.364. The van der Waals surface area contributed by atoms with Crippen LogP contribution in [-0.2, 0) is 0 Å². The Morgan fingerprint density at radius 1 is 1.14 bits per heavy atom. The molecule has 0 atom stereocenters. The molecule has 0 unspecified atom stereocenters. The van der Waals surface area contributed by atoms with E-state index in [2.05, 4.69) is 20.6 Å². The molecule has 7 nitrogen and oxygen atoms in total. The van der Waals surface area contributed by atoms with Gasteiger partial charge >= 0.3 is 0 Å². The summed E-state index contributed by atoms with van der Waals surface area (Å²) in [5, 5.41) is 14.7. The molecule has 28 heavy (non-hydrogen) atoms. The Morgan fingerprint density at radius 2 is 1.89 bits per heavy atom. The zero-order valence-electron chi connectivity index (χ0n) is 15.6. The third kappa shape index (κ3) is 4.62. The third-order valence-electron chi connectivity index (χ3n) is 3.79. The lowest BCUT2D eigenvalue weighted by Gasteiger charge is -2.12. The monoisotopic (exact) mass is 373 g/mol. The van der Waals surface area contributed by atoms with Crippen molar-refractivity contribution < 1.29 is 9.53 Å². The first-order valence-electron chi connectivity index (χ1n) is 8.75. The van der Waals surface area contributed by atoms with Crippen molar-refractivity contribution in [3.05, 3.63) is 71.5 Å². The molecule has 0 bridgehead atoms. The van der Waals surface area contributed by atoms with Crippen LogP contribution in [-0.4, -0.2) is 22.5 Å². The average molecular weight is 373 g/mol. The molecule has 0 aliphatic carbocycles. The molecule has 1 heterocycles. The maximum atomic E-state index is 12.6. The van der Waals surface area contributed by atoms with Crippen LogP contribution in [0.3, 0.4) is 0 Å². The lowest BCUT2D eigenvalue weighted by Crippen LogP contribution is -2.15. The lowest BCUT2D eigenvalue weighted by molar-refractivity contribution is 0.102. The number of anilines is 3. The van der Waals surface area contributed by atoms with Crippen molar-refractivity contribution in [1.82, 2.24) is 9.97 Å². The van der Waals surface area contributed by atoms with E-state index in [1.165, 1.54) is 0 Å². The summed E-state index contributed by atoms with van der Waals surface area (Å²) in [5.74, 6) is 0.618. The van der Waals surface area contributed by atoms with Crippen molar-refractivity contribution in [1.29, 1.82) is 5.26 Å². The van der Waals surface area contributed by atoms with E-state index in [1.807, 2.05) is 37.3 Å². The number of hydrogen-bond acceptors (Lipinski definition) is 6. The Labute approximate surface area is 163 Å². The maximum absolute atomic E-state index is 12.6. The molecule has 1 amide bonds. The number of benzene rings is 2. The predicted molar refractivity (Wildman–Crippen MR) is 107 cm³/mol. The largest absolute Gasteiger partial charge is 0.492 e. The summed E-state index contributed by atoms with van der Waals surface area (Å²) in [4.78, 5) is 21.2. The van der Waals surface area contributed by atoms with Gasteiger partial charge in [-0.05, 0) is 56.3 Å². The highest BCUT2D eigenvalue weighted by atomic mass is 16.5. The van der Waals surface area contributed by atoms with E-state index in [0.29, 0.717) is 40.9 Å². The molecular weight excluding hydrogens is 354 g/mol. The fourth-order valence-corrected chi connectivity index (χ4v) is 2.54. The molecule has 0 spiro atoms. The highest BCUT2D eigenvalue weighted by Gasteiger charge is 2.12. The fourth-order valence-electron chi connectivity index (χ4n) is 2.54. The van der Waals surface area contributed by atoms with Gasteiger partial charge in [0.05, 0.1) is 23.9 Å². The van der Waals surface area contributed by atoms with Crippen LogP contribution in [0.2, 0.25) is 0 Å². The van der Waals surface area contributed by atoms with Gasteiger partial charge in [-0.2, -0.15) is 5.26 Å². The number of nitriles is 1. The quantitative estimate of drug-likeness (QED) is 0.676. The number of nitrogens with zero attached hydrogens (tertiary/aromatic N) is 3. The second-order valence-electron chi connectivity index (χ2n) is 5.92. The van der Waals surface area contributed by atoms with E-state index in [0.717, 1.165) is 0 Å². The molecule has 0 saturated heterocycles. The number of rotatable bonds is 6. The van der Waals surface area contributed by atoms with Crippen LogP contribution in [0, 0.1) is 18.3 Å². The first-order chi connectivity index (χ1) is 13.6. The molecular formula is C21H19N5O2. The number of hydrogen-bond donors (Lipinski definition) is 2. The van der Waals surface area contributed by atoms with Gasteiger partial charge in [0.15, 0.2) is 0 Å². The standard InChI is InChI=1S/C21H19N5O2/c1-3-28-19-7-5-4-6-17(19)25-21-23-14(2)12-18(26-21)20(27)24-16-10-8-15(13-22)9-11-16/h4-12H,3H2,1-2H3,(H,24,27)(H,23,25,26). The van der Waals surface area contributed by atoms with Gasteiger partial charge in [-0.15, -0.1) is 0 Å². The van der Waals surface area contributed by atoms with Gasteiger partial charge < -0.3 is 15.4 Å². The van der Waals surface area contributed by atoms with Crippen LogP contribution < -0.4 is 15.4 Å². The number of aryl methyl sites for hydroxylation is 1. The molecule has 0 fully saturated rings. The summed E-state index contributed by atoms with van der Waals surface area (Å²) < 4.78 is 5.59. The van der Waals surface area contributed by atoms with E-state index >= 15 is 0 Å². The molecule has 1 aromatic heterocycles. The first kappa shape index (κ1) is 18.9. The highest BCUT2D eigenvalue weighted by Crippen LogP contribution is 2.26. The van der Waals surface area contributed by atoms with Crippen molar-refractivity contribution in [3.63, 3.8) is 0 Å². The van der Waals surface area contributed by atoms with Crippen molar-refractivity contribution in [2.24, 2.45) is 0 Å². The summed E-state index contributed by atoms with van der Waals surface area (Å²) in [6, 6.07) is 17.7. The molecule has 2 aromatic carbocycles. The van der Waals surface area contributed by atoms with Crippen LogP contribution in [0.15, 0.2) is 54.6 Å². The van der Waals surface area contributed by atoms with E-state index < -0.39 is 0 Å². The second kappa shape index (κ2) is 8.64. The van der Waals surface area contributed by atoms with Gasteiger partial charge in [-0.25, -0.2) is 9.97 Å². The Hall–Kier alpha value is -3.92. The highest BCUT2D eigenvalue weighted by molar-refractivity contribution is 6.03. The van der Waals surface area contributed by atoms with Gasteiger partial charge in [0.25, 0.3) is 5.91 Å². The lowest BCUT2D eigenvalue weighted by atomic mass is 10.2. The molecule has 140 valence electrons. The Morgan fingerprint density at radius 3 is 2.61 bits per heavy atom. The van der Waals surface area contributed by atoms with Crippen molar-refractivity contribution >= 4 is 23.2 Å². The van der Waals surface area contributed by atoms with Crippen LogP contribution in [0.1, 0.15) is 28.7 Å². The topological polar surface area (TPSA) is 99.9 Å². The molecule has 3 aromatic rings. The first-order valence-corrected chi connectivity index (χ1v) is 8.75. The number of nitrogens with one attached hydrogen (secondary N) is 2. The summed E-state index contributed by atoms with van der Waals surface area (Å²) in [7, 11) is 0. The maximum Gasteiger partial charge on any atom is 0.274 e. The minimum absolute atomic E-state index is 0.230. The number of ether oxygens (including phenoxy) is 1. The summed E-state index contributed by atoms with van der Waals surface area (Å²) >= 11 is 0. The van der Waals surface area contributed by atoms with Crippen LogP contribution in [0.25, 0.3) is 0 Å². The normalized spacial score (nSPS) is 10.0. The molecule has 3 rings (SSSR count). The SMILES string of the molecule is CCOc1ccccc1Nc1nc(C)cc(C(=O)Nc2ccc(C#N)cc2)n1. The van der Waals surface area contributed by atoms with E-state index in [9.17, 15) is 4.79 Å². The van der Waals surface area contributed by atoms with Crippen LogP contribution in [0.5, 0.6) is 5.75 Å². The van der Waals surface area contributed by atoms with Gasteiger partial charge in [0.1, 0.15) is 11.4 Å². The van der Waals surface area contributed by atoms with Crippen LogP contribution >= 0.6 is 0 Å². The molecule has 0 aliphatic rings. The molecule has 7 heteroatoms. The predicted octanol–water partition coefficient (Wildman–Crippen LogP) is 4.05. The second-order valence-corrected chi connectivity index (χ2v) is 5.92. The number of aromatic nitrogens is 2. The minimum Gasteiger partial charge on any atom is -0.492 e. The molecule has 0 saturated carbocycles. The Kier molecular flexibility index (Phi) is 5.82. The number of para-hydroxylation sites is 2. The average Bonchev–Trinajstić information content (AvgIpc) is 2.70. The van der Waals surface area contributed by atoms with Crippen LogP contribution in [0.4, 0.5) is 17.3 Å². The van der Waals surface area contributed by atoms with Gasteiger partial charge in [-0.3, -0.25) is 4.79 Å². The fraction of sp³-hybridized carbons (Fsp3) is 0.143.